The number of halogens is 2. The minimum absolute atomic E-state index is 0.00881. The number of hydrogen-bond acceptors (Lipinski definition) is 7. The molecule has 1 fully saturated rings. The lowest BCUT2D eigenvalue weighted by molar-refractivity contribution is 0.143. The fourth-order valence-corrected chi connectivity index (χ4v) is 5.72. The zero-order chi connectivity index (χ0) is 21.6. The number of benzene rings is 1. The molecule has 3 aromatic rings. The molecule has 0 unspecified atom stereocenters. The van der Waals surface area contributed by atoms with Gasteiger partial charge in [-0.25, -0.2) is 13.1 Å². The maximum Gasteiger partial charge on any atom is 0.298 e. The fraction of sp³-hybridized carbons (Fsp3) is 0.389. The van der Waals surface area contributed by atoms with Crippen LogP contribution in [0.4, 0.5) is 0 Å². The highest BCUT2D eigenvalue weighted by Gasteiger charge is 2.31. The minimum Gasteiger partial charge on any atom is -0.360 e. The predicted molar refractivity (Wildman–Crippen MR) is 112 cm³/mol. The molecule has 12 heteroatoms. The number of aryl methyl sites for hydroxylation is 2. The van der Waals surface area contributed by atoms with Gasteiger partial charge in [0.05, 0.1) is 27.8 Å². The first-order valence-corrected chi connectivity index (χ1v) is 11.4. The molecule has 30 heavy (non-hydrogen) atoms. The van der Waals surface area contributed by atoms with E-state index in [2.05, 4.69) is 10.3 Å². The van der Waals surface area contributed by atoms with E-state index in [9.17, 15) is 13.2 Å². The van der Waals surface area contributed by atoms with Crippen molar-refractivity contribution in [3.05, 3.63) is 50.1 Å². The van der Waals surface area contributed by atoms with Crippen LogP contribution in [0, 0.1) is 13.8 Å². The van der Waals surface area contributed by atoms with Gasteiger partial charge < -0.3 is 4.52 Å². The van der Waals surface area contributed by atoms with Crippen LogP contribution >= 0.6 is 23.2 Å². The molecule has 9 nitrogen and oxygen atoms in total. The van der Waals surface area contributed by atoms with E-state index >= 15 is 0 Å². The molecule has 0 atom stereocenters. The zero-order valence-electron chi connectivity index (χ0n) is 16.3. The standard InChI is InChI=1S/C18H19Cl2N5O4S/c1-11-15-12(2)29-22-17(15)18(26)25(21-11)10-23-6-8-24(9-7-23)30(27,28)14-5-3-4-13(19)16(14)20/h3-5H,6-10H2,1-2H3. The quantitative estimate of drug-likeness (QED) is 0.574. The molecule has 0 aliphatic carbocycles. The number of hydrogen-bond donors (Lipinski definition) is 0. The van der Waals surface area contributed by atoms with E-state index in [1.165, 1.54) is 15.1 Å². The van der Waals surface area contributed by atoms with Crippen LogP contribution in [0.1, 0.15) is 11.5 Å². The molecule has 4 rings (SSSR count). The van der Waals surface area contributed by atoms with Gasteiger partial charge in [-0.2, -0.15) is 9.40 Å². The molecule has 2 aromatic heterocycles. The van der Waals surface area contributed by atoms with Crippen LogP contribution in [0.3, 0.4) is 0 Å². The largest absolute Gasteiger partial charge is 0.360 e. The molecule has 1 aliphatic heterocycles. The molecular weight excluding hydrogens is 453 g/mol. The van der Waals surface area contributed by atoms with Gasteiger partial charge in [0.15, 0.2) is 5.52 Å². The van der Waals surface area contributed by atoms with E-state index in [1.54, 1.807) is 26.0 Å². The van der Waals surface area contributed by atoms with Crippen LogP contribution in [0.2, 0.25) is 10.0 Å². The van der Waals surface area contributed by atoms with E-state index in [0.29, 0.717) is 29.9 Å². The van der Waals surface area contributed by atoms with Crippen molar-refractivity contribution in [1.82, 2.24) is 24.1 Å². The van der Waals surface area contributed by atoms with Crippen molar-refractivity contribution in [1.29, 1.82) is 0 Å². The lowest BCUT2D eigenvalue weighted by atomic mass is 10.2. The Balaban J connectivity index is 1.50. The molecule has 1 aliphatic rings. The van der Waals surface area contributed by atoms with Crippen molar-refractivity contribution in [3.8, 4) is 0 Å². The van der Waals surface area contributed by atoms with Gasteiger partial charge in [0.2, 0.25) is 10.0 Å². The van der Waals surface area contributed by atoms with Crippen LogP contribution in [0.15, 0.2) is 32.4 Å². The summed E-state index contributed by atoms with van der Waals surface area (Å²) < 4.78 is 33.7. The Labute approximate surface area is 182 Å². The van der Waals surface area contributed by atoms with Gasteiger partial charge in [-0.3, -0.25) is 9.69 Å². The third-order valence-electron chi connectivity index (χ3n) is 5.13. The average molecular weight is 472 g/mol. The number of fused-ring (bicyclic) bond motifs is 1. The Morgan fingerprint density at radius 2 is 1.83 bits per heavy atom. The Morgan fingerprint density at radius 3 is 2.53 bits per heavy atom. The fourth-order valence-electron chi connectivity index (χ4n) is 3.56. The third kappa shape index (κ3) is 3.63. The van der Waals surface area contributed by atoms with Gasteiger partial charge in [-0.1, -0.05) is 34.4 Å². The normalized spacial score (nSPS) is 16.4. The summed E-state index contributed by atoms with van der Waals surface area (Å²) in [7, 11) is -3.77. The molecular formula is C18H19Cl2N5O4S. The van der Waals surface area contributed by atoms with Gasteiger partial charge in [0.25, 0.3) is 5.56 Å². The van der Waals surface area contributed by atoms with Crippen molar-refractivity contribution in [2.75, 3.05) is 26.2 Å². The van der Waals surface area contributed by atoms with Gasteiger partial charge in [-0.05, 0) is 26.0 Å². The van der Waals surface area contributed by atoms with Crippen molar-refractivity contribution >= 4 is 44.1 Å². The molecule has 1 aromatic carbocycles. The Bertz CT molecular complexity index is 1280. The summed E-state index contributed by atoms with van der Waals surface area (Å²) in [5, 5.41) is 9.05. The second-order valence-electron chi connectivity index (χ2n) is 7.07. The summed E-state index contributed by atoms with van der Waals surface area (Å²) in [5.74, 6) is 0.553. The van der Waals surface area contributed by atoms with Crippen molar-refractivity contribution in [2.24, 2.45) is 0 Å². The Morgan fingerprint density at radius 1 is 1.13 bits per heavy atom. The molecule has 0 amide bonds. The zero-order valence-corrected chi connectivity index (χ0v) is 18.6. The van der Waals surface area contributed by atoms with Crippen molar-refractivity contribution in [3.63, 3.8) is 0 Å². The molecule has 0 radical (unpaired) electrons. The molecule has 0 bridgehead atoms. The summed E-state index contributed by atoms with van der Waals surface area (Å²) in [5.41, 5.74) is 0.560. The second kappa shape index (κ2) is 7.93. The first kappa shape index (κ1) is 21.3. The Hall–Kier alpha value is -1.98. The number of sulfonamides is 1. The average Bonchev–Trinajstić information content (AvgIpc) is 3.10. The molecule has 0 N–H and O–H groups in total. The van der Waals surface area contributed by atoms with Gasteiger partial charge in [0, 0.05) is 26.2 Å². The summed E-state index contributed by atoms with van der Waals surface area (Å²) in [6.07, 6.45) is 0. The van der Waals surface area contributed by atoms with Crippen LogP contribution in [-0.4, -0.2) is 58.7 Å². The Kier molecular flexibility index (Phi) is 5.62. The molecule has 1 saturated heterocycles. The van der Waals surface area contributed by atoms with Crippen molar-refractivity contribution < 1.29 is 12.9 Å². The topological polar surface area (TPSA) is 102 Å². The monoisotopic (exact) mass is 471 g/mol. The lowest BCUT2D eigenvalue weighted by Crippen LogP contribution is -2.49. The predicted octanol–water partition coefficient (Wildman–Crippen LogP) is 2.27. The van der Waals surface area contributed by atoms with Crippen LogP contribution in [-0.2, 0) is 16.7 Å². The van der Waals surface area contributed by atoms with Gasteiger partial charge in [-0.15, -0.1) is 0 Å². The second-order valence-corrected chi connectivity index (χ2v) is 9.76. The van der Waals surface area contributed by atoms with E-state index in [1.807, 2.05) is 4.90 Å². The number of rotatable bonds is 4. The third-order valence-corrected chi connectivity index (χ3v) is 8.00. The van der Waals surface area contributed by atoms with E-state index < -0.39 is 10.0 Å². The van der Waals surface area contributed by atoms with Crippen LogP contribution < -0.4 is 5.56 Å². The van der Waals surface area contributed by atoms with Crippen molar-refractivity contribution in [2.45, 2.75) is 25.4 Å². The maximum absolute atomic E-state index is 13.0. The van der Waals surface area contributed by atoms with Gasteiger partial charge in [0.1, 0.15) is 10.7 Å². The molecule has 160 valence electrons. The number of piperazine rings is 1. The van der Waals surface area contributed by atoms with E-state index in [4.69, 9.17) is 27.7 Å². The molecule has 0 saturated carbocycles. The number of nitrogens with zero attached hydrogens (tertiary/aromatic N) is 5. The first-order chi connectivity index (χ1) is 14.2. The highest BCUT2D eigenvalue weighted by Crippen LogP contribution is 2.31. The maximum atomic E-state index is 13.0. The SMILES string of the molecule is Cc1nn(CN2CCN(S(=O)(=O)c3cccc(Cl)c3Cl)CC2)c(=O)c2noc(C)c12. The van der Waals surface area contributed by atoms with E-state index in [0.717, 1.165) is 0 Å². The minimum atomic E-state index is -3.77. The highest BCUT2D eigenvalue weighted by atomic mass is 35.5. The summed E-state index contributed by atoms with van der Waals surface area (Å²) in [4.78, 5) is 14.6. The first-order valence-electron chi connectivity index (χ1n) is 9.20. The van der Waals surface area contributed by atoms with E-state index in [-0.39, 0.29) is 45.8 Å². The highest BCUT2D eigenvalue weighted by molar-refractivity contribution is 7.89. The van der Waals surface area contributed by atoms with Crippen LogP contribution in [0.25, 0.3) is 10.9 Å². The van der Waals surface area contributed by atoms with Gasteiger partial charge >= 0.3 is 0 Å². The number of aromatic nitrogens is 3. The smallest absolute Gasteiger partial charge is 0.298 e. The van der Waals surface area contributed by atoms with Crippen LogP contribution in [0.5, 0.6) is 0 Å². The summed E-state index contributed by atoms with van der Waals surface area (Å²) in [6.45, 7) is 5.13. The molecule has 3 heterocycles. The molecule has 0 spiro atoms. The lowest BCUT2D eigenvalue weighted by Gasteiger charge is -2.34. The summed E-state index contributed by atoms with van der Waals surface area (Å²) in [6, 6.07) is 4.54. The summed E-state index contributed by atoms with van der Waals surface area (Å²) >= 11 is 12.1.